The highest BCUT2D eigenvalue weighted by atomic mass is 32.1. The lowest BCUT2D eigenvalue weighted by atomic mass is 10.1. The molecular formula is C16H31O2S. The summed E-state index contributed by atoms with van der Waals surface area (Å²) in [7, 11) is 0. The number of esters is 1. The predicted octanol–water partition coefficient (Wildman–Crippen LogP) is 5.43. The van der Waals surface area contributed by atoms with Crippen molar-refractivity contribution in [2.24, 2.45) is 0 Å². The van der Waals surface area contributed by atoms with Crippen LogP contribution in [0.4, 0.5) is 0 Å². The van der Waals surface area contributed by atoms with Crippen molar-refractivity contribution in [1.82, 2.24) is 0 Å². The average molecular weight is 287 g/mol. The van der Waals surface area contributed by atoms with E-state index in [4.69, 9.17) is 17.4 Å². The quantitative estimate of drug-likeness (QED) is 0.333. The van der Waals surface area contributed by atoms with E-state index in [0.717, 1.165) is 12.8 Å². The highest BCUT2D eigenvalue weighted by Gasteiger charge is 2.14. The van der Waals surface area contributed by atoms with Crippen molar-refractivity contribution in [2.45, 2.75) is 89.7 Å². The molecule has 0 aliphatic heterocycles. The van der Waals surface area contributed by atoms with Gasteiger partial charge in [-0.25, -0.2) is 0 Å². The molecule has 113 valence electrons. The maximum absolute atomic E-state index is 11.3. The largest absolute Gasteiger partial charge is 0.465 e. The van der Waals surface area contributed by atoms with Crippen molar-refractivity contribution in [2.75, 3.05) is 6.61 Å². The molecule has 0 aromatic carbocycles. The molecule has 0 fully saturated rings. The number of carbonyl (C=O) groups excluding carboxylic acids is 1. The Bertz CT molecular complexity index is 207. The Hall–Kier alpha value is -0.180. The fourth-order valence-corrected chi connectivity index (χ4v) is 2.40. The summed E-state index contributed by atoms with van der Waals surface area (Å²) in [5.74, 6) is -0.214. The normalized spacial score (nSPS) is 12.4. The Morgan fingerprint density at radius 3 is 1.84 bits per heavy atom. The third kappa shape index (κ3) is 12.6. The second-order valence-corrected chi connectivity index (χ2v) is 5.78. The highest BCUT2D eigenvalue weighted by molar-refractivity contribution is 7.81. The van der Waals surface area contributed by atoms with Crippen LogP contribution >= 0.6 is 12.6 Å². The van der Waals surface area contributed by atoms with Crippen molar-refractivity contribution in [1.29, 1.82) is 0 Å². The van der Waals surface area contributed by atoms with Gasteiger partial charge in [-0.15, -0.1) is 0 Å². The van der Waals surface area contributed by atoms with E-state index in [1.807, 2.05) is 6.92 Å². The smallest absolute Gasteiger partial charge is 0.319 e. The summed E-state index contributed by atoms with van der Waals surface area (Å²) in [5.41, 5.74) is 0. The van der Waals surface area contributed by atoms with Crippen LogP contribution in [0.15, 0.2) is 0 Å². The zero-order valence-corrected chi connectivity index (χ0v) is 13.6. The Kier molecular flexibility index (Phi) is 14.1. The van der Waals surface area contributed by atoms with E-state index in [2.05, 4.69) is 6.92 Å². The maximum Gasteiger partial charge on any atom is 0.319 e. The van der Waals surface area contributed by atoms with Crippen LogP contribution in [-0.2, 0) is 9.53 Å². The van der Waals surface area contributed by atoms with E-state index in [1.165, 1.54) is 57.8 Å². The molecule has 1 unspecified atom stereocenters. The third-order valence-corrected chi connectivity index (χ3v) is 3.80. The molecule has 3 heteroatoms. The van der Waals surface area contributed by atoms with Gasteiger partial charge in [0, 0.05) is 0 Å². The van der Waals surface area contributed by atoms with E-state index in [-0.39, 0.29) is 11.2 Å². The number of hydrogen-bond acceptors (Lipinski definition) is 2. The van der Waals surface area contributed by atoms with Gasteiger partial charge in [-0.3, -0.25) is 4.79 Å². The lowest BCUT2D eigenvalue weighted by Crippen LogP contribution is -2.17. The van der Waals surface area contributed by atoms with E-state index >= 15 is 0 Å². The molecule has 0 N–H and O–H groups in total. The summed E-state index contributed by atoms with van der Waals surface area (Å²) in [6.07, 6.45) is 13.9. The van der Waals surface area contributed by atoms with Crippen LogP contribution in [0.25, 0.3) is 0 Å². The number of rotatable bonds is 13. The summed E-state index contributed by atoms with van der Waals surface area (Å²) in [6, 6.07) is 0. The van der Waals surface area contributed by atoms with Gasteiger partial charge < -0.3 is 4.74 Å². The first-order valence-electron chi connectivity index (χ1n) is 8.04. The topological polar surface area (TPSA) is 26.3 Å². The fourth-order valence-electron chi connectivity index (χ4n) is 2.17. The van der Waals surface area contributed by atoms with Crippen LogP contribution in [0, 0.1) is 0 Å². The van der Waals surface area contributed by atoms with E-state index < -0.39 is 0 Å². The van der Waals surface area contributed by atoms with Crippen LogP contribution < -0.4 is 0 Å². The maximum atomic E-state index is 11.3. The summed E-state index contributed by atoms with van der Waals surface area (Å²) in [5, 5.41) is -0.339. The van der Waals surface area contributed by atoms with Crippen LogP contribution in [-0.4, -0.2) is 17.8 Å². The van der Waals surface area contributed by atoms with E-state index in [9.17, 15) is 4.79 Å². The van der Waals surface area contributed by atoms with Gasteiger partial charge in [-0.2, -0.15) is 0 Å². The fraction of sp³-hybridized carbons (Fsp3) is 0.938. The van der Waals surface area contributed by atoms with Gasteiger partial charge in [-0.1, -0.05) is 83.8 Å². The molecule has 1 radical (unpaired) electrons. The third-order valence-electron chi connectivity index (χ3n) is 3.37. The molecule has 0 aliphatic rings. The van der Waals surface area contributed by atoms with Crippen molar-refractivity contribution >= 4 is 18.6 Å². The monoisotopic (exact) mass is 287 g/mol. The average Bonchev–Trinajstić information content (AvgIpc) is 2.41. The first-order valence-corrected chi connectivity index (χ1v) is 8.52. The molecule has 19 heavy (non-hydrogen) atoms. The molecule has 1 atom stereocenters. The first-order chi connectivity index (χ1) is 9.22. The number of hydrogen-bond donors (Lipinski definition) is 0. The Morgan fingerprint density at radius 2 is 1.37 bits per heavy atom. The molecule has 0 aromatic rings. The van der Waals surface area contributed by atoms with Crippen molar-refractivity contribution in [3.8, 4) is 0 Å². The molecule has 2 nitrogen and oxygen atoms in total. The molecule has 0 spiro atoms. The molecule has 0 aromatic heterocycles. The highest BCUT2D eigenvalue weighted by Crippen LogP contribution is 2.14. The first kappa shape index (κ1) is 18.8. The Morgan fingerprint density at radius 1 is 0.895 bits per heavy atom. The zero-order chi connectivity index (χ0) is 14.3. The van der Waals surface area contributed by atoms with Gasteiger partial charge in [0.05, 0.1) is 6.61 Å². The van der Waals surface area contributed by atoms with Crippen LogP contribution in [0.2, 0.25) is 0 Å². The molecule has 0 saturated carbocycles. The van der Waals surface area contributed by atoms with Crippen molar-refractivity contribution in [3.63, 3.8) is 0 Å². The number of carbonyl (C=O) groups is 1. The standard InChI is InChI=1S/C16H31O2S/c1-3-5-6-7-8-9-10-11-12-13-14-15(19)16(17)18-4-2/h15H,3-14H2,1-2H3. The predicted molar refractivity (Wildman–Crippen MR) is 84.5 cm³/mol. The number of unbranched alkanes of at least 4 members (excludes halogenated alkanes) is 9. The molecular weight excluding hydrogens is 256 g/mol. The molecule has 0 bridgehead atoms. The zero-order valence-electron chi connectivity index (χ0n) is 12.8. The summed E-state index contributed by atoms with van der Waals surface area (Å²) in [6.45, 7) is 4.51. The lowest BCUT2D eigenvalue weighted by Gasteiger charge is -2.08. The summed E-state index contributed by atoms with van der Waals surface area (Å²) >= 11 is 5.11. The molecule has 0 saturated heterocycles. The van der Waals surface area contributed by atoms with Crippen LogP contribution in [0.1, 0.15) is 84.5 Å². The lowest BCUT2D eigenvalue weighted by molar-refractivity contribution is -0.142. The van der Waals surface area contributed by atoms with Gasteiger partial charge in [0.2, 0.25) is 0 Å². The van der Waals surface area contributed by atoms with E-state index in [0.29, 0.717) is 6.61 Å². The van der Waals surface area contributed by atoms with Gasteiger partial charge in [0.15, 0.2) is 0 Å². The van der Waals surface area contributed by atoms with Gasteiger partial charge in [0.25, 0.3) is 0 Å². The molecule has 0 amide bonds. The van der Waals surface area contributed by atoms with Gasteiger partial charge in [0.1, 0.15) is 5.25 Å². The van der Waals surface area contributed by atoms with E-state index in [1.54, 1.807) is 0 Å². The van der Waals surface area contributed by atoms with Crippen molar-refractivity contribution < 1.29 is 9.53 Å². The molecule has 0 aliphatic carbocycles. The minimum Gasteiger partial charge on any atom is -0.465 e. The van der Waals surface area contributed by atoms with Crippen molar-refractivity contribution in [3.05, 3.63) is 0 Å². The minimum absolute atomic E-state index is 0.214. The number of ether oxygens (including phenoxy) is 1. The Labute approximate surface area is 125 Å². The van der Waals surface area contributed by atoms with Gasteiger partial charge >= 0.3 is 5.97 Å². The minimum atomic E-state index is -0.339. The summed E-state index contributed by atoms with van der Waals surface area (Å²) in [4.78, 5) is 11.3. The van der Waals surface area contributed by atoms with Crippen LogP contribution in [0.3, 0.4) is 0 Å². The second-order valence-electron chi connectivity index (χ2n) is 5.21. The van der Waals surface area contributed by atoms with Crippen LogP contribution in [0.5, 0.6) is 0 Å². The summed E-state index contributed by atoms with van der Waals surface area (Å²) < 4.78 is 4.90. The molecule has 0 heterocycles. The molecule has 0 rings (SSSR count). The second kappa shape index (κ2) is 14.2. The SMILES string of the molecule is CCCCCCCCCCCCC([S])C(=O)OCC. The Balaban J connectivity index is 3.20. The van der Waals surface area contributed by atoms with Gasteiger partial charge in [-0.05, 0) is 13.3 Å².